The lowest BCUT2D eigenvalue weighted by atomic mass is 9.96. The lowest BCUT2D eigenvalue weighted by Gasteiger charge is -2.25. The van der Waals surface area contributed by atoms with Crippen LogP contribution in [-0.4, -0.2) is 18.6 Å². The van der Waals surface area contributed by atoms with Crippen molar-refractivity contribution >= 4 is 17.3 Å². The van der Waals surface area contributed by atoms with E-state index < -0.39 is 0 Å². The predicted molar refractivity (Wildman–Crippen MR) is 63.1 cm³/mol. The molecule has 0 radical (unpaired) electrons. The molecule has 2 rings (SSSR count). The Hall–Kier alpha value is -1.55. The molecule has 0 bridgehead atoms. The number of benzene rings is 1. The molecule has 1 fully saturated rings. The van der Waals surface area contributed by atoms with E-state index in [1.165, 1.54) is 6.42 Å². The number of nitrogen functional groups attached to an aromatic ring is 1. The van der Waals surface area contributed by atoms with Crippen molar-refractivity contribution in [2.75, 3.05) is 17.7 Å². The van der Waals surface area contributed by atoms with E-state index in [2.05, 4.69) is 5.32 Å². The second-order valence-electron chi connectivity index (χ2n) is 4.04. The number of hydrogen-bond acceptors (Lipinski definition) is 3. The van der Waals surface area contributed by atoms with Crippen LogP contribution in [0, 0.1) is 0 Å². The molecule has 1 aliphatic rings. The number of nitrogens with one attached hydrogen (secondary N) is 1. The molecule has 0 atom stereocenters. The first kappa shape index (κ1) is 11.0. The van der Waals surface area contributed by atoms with Gasteiger partial charge in [0.05, 0.1) is 6.10 Å². The second-order valence-corrected chi connectivity index (χ2v) is 4.04. The van der Waals surface area contributed by atoms with Gasteiger partial charge in [0.2, 0.25) is 5.91 Å². The molecule has 0 saturated heterocycles. The number of anilines is 2. The number of ether oxygens (including phenoxy) is 1. The minimum absolute atomic E-state index is 0.124. The number of rotatable bonds is 4. The molecule has 3 N–H and O–H groups in total. The van der Waals surface area contributed by atoms with E-state index in [0.717, 1.165) is 12.8 Å². The molecular weight excluding hydrogens is 204 g/mol. The van der Waals surface area contributed by atoms with Gasteiger partial charge in [-0.1, -0.05) is 6.07 Å². The van der Waals surface area contributed by atoms with Crippen LogP contribution in [0.15, 0.2) is 24.3 Å². The van der Waals surface area contributed by atoms with E-state index in [9.17, 15) is 4.79 Å². The summed E-state index contributed by atoms with van der Waals surface area (Å²) in [6, 6.07) is 7.11. The van der Waals surface area contributed by atoms with Crippen LogP contribution in [-0.2, 0) is 9.53 Å². The fourth-order valence-electron chi connectivity index (χ4n) is 1.54. The Balaban J connectivity index is 1.77. The van der Waals surface area contributed by atoms with Crippen molar-refractivity contribution in [3.05, 3.63) is 24.3 Å². The molecule has 0 aromatic heterocycles. The number of hydrogen-bond donors (Lipinski definition) is 2. The summed E-state index contributed by atoms with van der Waals surface area (Å²) >= 11 is 0. The third-order valence-electron chi connectivity index (χ3n) is 2.67. The highest BCUT2D eigenvalue weighted by Gasteiger charge is 2.18. The van der Waals surface area contributed by atoms with Crippen molar-refractivity contribution in [1.82, 2.24) is 0 Å². The maximum absolute atomic E-state index is 11.5. The van der Waals surface area contributed by atoms with Gasteiger partial charge >= 0.3 is 0 Å². The van der Waals surface area contributed by atoms with Crippen LogP contribution < -0.4 is 11.1 Å². The second kappa shape index (κ2) is 4.99. The van der Waals surface area contributed by atoms with E-state index in [-0.39, 0.29) is 18.6 Å². The number of amides is 1. The summed E-state index contributed by atoms with van der Waals surface area (Å²) in [4.78, 5) is 11.5. The van der Waals surface area contributed by atoms with Gasteiger partial charge in [-0.25, -0.2) is 0 Å². The molecule has 1 saturated carbocycles. The minimum Gasteiger partial charge on any atom is -0.399 e. The molecule has 0 aliphatic heterocycles. The van der Waals surface area contributed by atoms with Crippen LogP contribution in [0.1, 0.15) is 19.3 Å². The molecule has 1 aliphatic carbocycles. The molecule has 1 aromatic rings. The monoisotopic (exact) mass is 220 g/mol. The van der Waals surface area contributed by atoms with E-state index in [4.69, 9.17) is 10.5 Å². The molecular formula is C12H16N2O2. The first-order chi connectivity index (χ1) is 7.74. The molecule has 0 spiro atoms. The first-order valence-electron chi connectivity index (χ1n) is 5.51. The largest absolute Gasteiger partial charge is 0.399 e. The lowest BCUT2D eigenvalue weighted by molar-refractivity contribution is -0.124. The number of carbonyl (C=O) groups excluding carboxylic acids is 1. The smallest absolute Gasteiger partial charge is 0.250 e. The van der Waals surface area contributed by atoms with E-state index in [0.29, 0.717) is 11.4 Å². The normalized spacial score (nSPS) is 15.5. The predicted octanol–water partition coefficient (Wildman–Crippen LogP) is 1.78. The SMILES string of the molecule is Nc1cccc(NC(=O)COC2CCC2)c1. The van der Waals surface area contributed by atoms with E-state index in [1.54, 1.807) is 24.3 Å². The van der Waals surface area contributed by atoms with Gasteiger partial charge in [0.1, 0.15) is 6.61 Å². The standard InChI is InChI=1S/C12H16N2O2/c13-9-3-1-4-10(7-9)14-12(15)8-16-11-5-2-6-11/h1,3-4,7,11H,2,5-6,8,13H2,(H,14,15). The molecule has 4 heteroatoms. The molecule has 0 heterocycles. The van der Waals surface area contributed by atoms with E-state index in [1.807, 2.05) is 0 Å². The summed E-state index contributed by atoms with van der Waals surface area (Å²) in [5, 5.41) is 2.74. The zero-order chi connectivity index (χ0) is 11.4. The Morgan fingerprint density at radius 2 is 2.31 bits per heavy atom. The highest BCUT2D eigenvalue weighted by atomic mass is 16.5. The van der Waals surface area contributed by atoms with Crippen molar-refractivity contribution in [3.63, 3.8) is 0 Å². The Labute approximate surface area is 94.8 Å². The third-order valence-corrected chi connectivity index (χ3v) is 2.67. The summed E-state index contributed by atoms with van der Waals surface area (Å²) < 4.78 is 5.40. The zero-order valence-electron chi connectivity index (χ0n) is 9.11. The third kappa shape index (κ3) is 2.97. The van der Waals surface area contributed by atoms with Gasteiger partial charge in [0.25, 0.3) is 0 Å². The average Bonchev–Trinajstić information content (AvgIpc) is 2.15. The minimum atomic E-state index is -0.127. The summed E-state index contributed by atoms with van der Waals surface area (Å²) in [6.07, 6.45) is 3.64. The van der Waals surface area contributed by atoms with Gasteiger partial charge in [0.15, 0.2) is 0 Å². The maximum Gasteiger partial charge on any atom is 0.250 e. The Morgan fingerprint density at radius 1 is 1.50 bits per heavy atom. The number of carbonyl (C=O) groups is 1. The first-order valence-corrected chi connectivity index (χ1v) is 5.51. The van der Waals surface area contributed by atoms with Crippen LogP contribution in [0.2, 0.25) is 0 Å². The lowest BCUT2D eigenvalue weighted by Crippen LogP contribution is -2.27. The fraction of sp³-hybridized carbons (Fsp3) is 0.417. The molecule has 4 nitrogen and oxygen atoms in total. The van der Waals surface area contributed by atoms with Crippen LogP contribution >= 0.6 is 0 Å². The molecule has 16 heavy (non-hydrogen) atoms. The van der Waals surface area contributed by atoms with Crippen molar-refractivity contribution in [2.45, 2.75) is 25.4 Å². The van der Waals surface area contributed by atoms with Crippen molar-refractivity contribution in [3.8, 4) is 0 Å². The summed E-state index contributed by atoms with van der Waals surface area (Å²) in [7, 11) is 0. The Morgan fingerprint density at radius 3 is 2.94 bits per heavy atom. The molecule has 1 aromatic carbocycles. The van der Waals surface area contributed by atoms with Gasteiger partial charge in [-0.2, -0.15) is 0 Å². The zero-order valence-corrected chi connectivity index (χ0v) is 9.11. The van der Waals surface area contributed by atoms with Gasteiger partial charge in [-0.3, -0.25) is 4.79 Å². The van der Waals surface area contributed by atoms with Gasteiger partial charge < -0.3 is 15.8 Å². The van der Waals surface area contributed by atoms with Gasteiger partial charge in [0, 0.05) is 11.4 Å². The molecule has 86 valence electrons. The fourth-order valence-corrected chi connectivity index (χ4v) is 1.54. The summed E-state index contributed by atoms with van der Waals surface area (Å²) in [6.45, 7) is 0.124. The highest BCUT2D eigenvalue weighted by Crippen LogP contribution is 2.21. The number of nitrogens with two attached hydrogens (primary N) is 1. The quantitative estimate of drug-likeness (QED) is 0.760. The van der Waals surface area contributed by atoms with Crippen LogP contribution in [0.4, 0.5) is 11.4 Å². The van der Waals surface area contributed by atoms with Crippen LogP contribution in [0.5, 0.6) is 0 Å². The van der Waals surface area contributed by atoms with Crippen LogP contribution in [0.25, 0.3) is 0 Å². The summed E-state index contributed by atoms with van der Waals surface area (Å²) in [5.41, 5.74) is 6.95. The van der Waals surface area contributed by atoms with Crippen molar-refractivity contribution < 1.29 is 9.53 Å². The van der Waals surface area contributed by atoms with Crippen LogP contribution in [0.3, 0.4) is 0 Å². The van der Waals surface area contributed by atoms with Crippen molar-refractivity contribution in [2.24, 2.45) is 0 Å². The molecule has 0 unspecified atom stereocenters. The Kier molecular flexibility index (Phi) is 3.41. The Bertz CT molecular complexity index is 375. The van der Waals surface area contributed by atoms with Gasteiger partial charge in [-0.15, -0.1) is 0 Å². The topological polar surface area (TPSA) is 64.3 Å². The van der Waals surface area contributed by atoms with Crippen molar-refractivity contribution in [1.29, 1.82) is 0 Å². The summed E-state index contributed by atoms with van der Waals surface area (Å²) in [5.74, 6) is -0.127. The van der Waals surface area contributed by atoms with Gasteiger partial charge in [-0.05, 0) is 37.5 Å². The van der Waals surface area contributed by atoms with E-state index >= 15 is 0 Å². The highest BCUT2D eigenvalue weighted by molar-refractivity contribution is 5.92. The maximum atomic E-state index is 11.5. The molecule has 1 amide bonds. The average molecular weight is 220 g/mol.